The number of nitrogens with zero attached hydrogens (tertiary/aromatic N) is 4. The number of hydrogen-bond acceptors (Lipinski definition) is 4. The van der Waals surface area contributed by atoms with Gasteiger partial charge in [-0.15, -0.1) is 0 Å². The van der Waals surface area contributed by atoms with Crippen molar-refractivity contribution in [3.8, 4) is 11.3 Å². The quantitative estimate of drug-likeness (QED) is 0.580. The minimum Gasteiger partial charge on any atom is -0.346 e. The molecule has 1 N–H and O–H groups in total. The van der Waals surface area contributed by atoms with Crippen LogP contribution in [-0.2, 0) is 13.1 Å². The number of pyridine rings is 2. The van der Waals surface area contributed by atoms with E-state index in [0.717, 1.165) is 28.0 Å². The topological polar surface area (TPSA) is 72.7 Å². The number of benzene rings is 1. The van der Waals surface area contributed by atoms with Gasteiger partial charge in [0.1, 0.15) is 0 Å². The Bertz CT molecular complexity index is 1130. The van der Waals surface area contributed by atoms with E-state index in [0.29, 0.717) is 24.3 Å². The first-order valence-corrected chi connectivity index (χ1v) is 9.28. The zero-order chi connectivity index (χ0) is 19.5. The summed E-state index contributed by atoms with van der Waals surface area (Å²) >= 11 is 0. The van der Waals surface area contributed by atoms with Crippen molar-refractivity contribution in [1.82, 2.24) is 25.1 Å². The van der Waals surface area contributed by atoms with Gasteiger partial charge in [-0.25, -0.2) is 9.67 Å². The SMILES string of the molecule is CCn1ncc2c(C(=O)NCc3cccc(C)n3)cc(-c3ccccc3)nc21. The Morgan fingerprint density at radius 2 is 1.89 bits per heavy atom. The van der Waals surface area contributed by atoms with Gasteiger partial charge in [0.2, 0.25) is 0 Å². The van der Waals surface area contributed by atoms with Crippen LogP contribution in [0.1, 0.15) is 28.7 Å². The highest BCUT2D eigenvalue weighted by Gasteiger charge is 2.17. The maximum atomic E-state index is 13.0. The Hall–Kier alpha value is -3.54. The standard InChI is InChI=1S/C22H21N5O/c1-3-27-21-19(14-24-27)18(12-20(26-21)16-9-5-4-6-10-16)22(28)23-13-17-11-7-8-15(2)25-17/h4-12,14H,3,13H2,1-2H3,(H,23,28). The predicted octanol–water partition coefficient (Wildman–Crippen LogP) is 3.75. The number of carbonyl (C=O) groups is 1. The van der Waals surface area contributed by atoms with Crippen molar-refractivity contribution in [3.63, 3.8) is 0 Å². The van der Waals surface area contributed by atoms with Crippen LogP contribution < -0.4 is 5.32 Å². The number of aromatic nitrogens is 4. The van der Waals surface area contributed by atoms with Gasteiger partial charge < -0.3 is 5.32 Å². The molecule has 3 heterocycles. The van der Waals surface area contributed by atoms with E-state index >= 15 is 0 Å². The third kappa shape index (κ3) is 3.49. The Labute approximate surface area is 163 Å². The number of amides is 1. The second kappa shape index (κ2) is 7.60. The number of hydrogen-bond donors (Lipinski definition) is 1. The molecular formula is C22H21N5O. The summed E-state index contributed by atoms with van der Waals surface area (Å²) in [6, 6.07) is 17.5. The molecule has 0 saturated heterocycles. The van der Waals surface area contributed by atoms with Gasteiger partial charge >= 0.3 is 0 Å². The number of nitrogens with one attached hydrogen (secondary N) is 1. The van der Waals surface area contributed by atoms with Crippen molar-refractivity contribution in [2.75, 3.05) is 0 Å². The molecule has 6 heteroatoms. The lowest BCUT2D eigenvalue weighted by atomic mass is 10.1. The summed E-state index contributed by atoms with van der Waals surface area (Å²) in [7, 11) is 0. The molecule has 0 atom stereocenters. The molecule has 6 nitrogen and oxygen atoms in total. The van der Waals surface area contributed by atoms with Gasteiger partial charge in [0.05, 0.1) is 35.1 Å². The van der Waals surface area contributed by atoms with Crippen LogP contribution in [0.4, 0.5) is 0 Å². The molecule has 0 aliphatic rings. The summed E-state index contributed by atoms with van der Waals surface area (Å²) in [4.78, 5) is 22.2. The molecule has 28 heavy (non-hydrogen) atoms. The first-order valence-electron chi connectivity index (χ1n) is 9.28. The van der Waals surface area contributed by atoms with Gasteiger partial charge in [0, 0.05) is 17.8 Å². The molecule has 0 saturated carbocycles. The van der Waals surface area contributed by atoms with E-state index in [1.54, 1.807) is 10.9 Å². The second-order valence-corrected chi connectivity index (χ2v) is 6.57. The Balaban J connectivity index is 1.72. The molecule has 1 aromatic carbocycles. The highest BCUT2D eigenvalue weighted by molar-refractivity contribution is 6.06. The lowest BCUT2D eigenvalue weighted by Gasteiger charge is -2.09. The number of carbonyl (C=O) groups excluding carboxylic acids is 1. The van der Waals surface area contributed by atoms with E-state index < -0.39 is 0 Å². The van der Waals surface area contributed by atoms with Gasteiger partial charge in [0.25, 0.3) is 5.91 Å². The van der Waals surface area contributed by atoms with E-state index in [2.05, 4.69) is 15.4 Å². The molecule has 0 fully saturated rings. The van der Waals surface area contributed by atoms with E-state index in [1.165, 1.54) is 0 Å². The molecule has 140 valence electrons. The monoisotopic (exact) mass is 371 g/mol. The molecule has 0 aliphatic carbocycles. The number of rotatable bonds is 5. The van der Waals surface area contributed by atoms with Crippen molar-refractivity contribution in [1.29, 1.82) is 0 Å². The fourth-order valence-corrected chi connectivity index (χ4v) is 3.19. The lowest BCUT2D eigenvalue weighted by molar-refractivity contribution is 0.0952. The average Bonchev–Trinajstić information content (AvgIpc) is 3.15. The van der Waals surface area contributed by atoms with E-state index in [4.69, 9.17) is 4.98 Å². The Morgan fingerprint density at radius 3 is 2.64 bits per heavy atom. The zero-order valence-electron chi connectivity index (χ0n) is 15.9. The van der Waals surface area contributed by atoms with Gasteiger partial charge in [0.15, 0.2) is 5.65 Å². The van der Waals surface area contributed by atoms with Gasteiger partial charge in [-0.3, -0.25) is 9.78 Å². The Morgan fingerprint density at radius 1 is 1.07 bits per heavy atom. The molecule has 0 bridgehead atoms. The molecule has 3 aromatic heterocycles. The largest absolute Gasteiger partial charge is 0.346 e. The zero-order valence-corrected chi connectivity index (χ0v) is 15.9. The second-order valence-electron chi connectivity index (χ2n) is 6.57. The maximum Gasteiger partial charge on any atom is 0.252 e. The lowest BCUT2D eigenvalue weighted by Crippen LogP contribution is -2.23. The first kappa shape index (κ1) is 17.9. The smallest absolute Gasteiger partial charge is 0.252 e. The molecule has 0 aliphatic heterocycles. The predicted molar refractivity (Wildman–Crippen MR) is 109 cm³/mol. The van der Waals surface area contributed by atoms with Crippen LogP contribution >= 0.6 is 0 Å². The molecule has 4 aromatic rings. The van der Waals surface area contributed by atoms with Crippen LogP contribution in [0.2, 0.25) is 0 Å². The summed E-state index contributed by atoms with van der Waals surface area (Å²) < 4.78 is 1.81. The first-order chi connectivity index (χ1) is 13.7. The average molecular weight is 371 g/mol. The fraction of sp³-hybridized carbons (Fsp3) is 0.182. The minimum absolute atomic E-state index is 0.163. The van der Waals surface area contributed by atoms with Crippen molar-refractivity contribution in [3.05, 3.63) is 77.7 Å². The van der Waals surface area contributed by atoms with Gasteiger partial charge in [-0.1, -0.05) is 36.4 Å². The summed E-state index contributed by atoms with van der Waals surface area (Å²) in [5, 5.41) is 8.10. The van der Waals surface area contributed by atoms with Crippen LogP contribution in [-0.4, -0.2) is 25.7 Å². The summed E-state index contributed by atoms with van der Waals surface area (Å²) in [6.07, 6.45) is 1.71. The van der Waals surface area contributed by atoms with E-state index in [-0.39, 0.29) is 5.91 Å². The third-order valence-corrected chi connectivity index (χ3v) is 4.60. The Kier molecular flexibility index (Phi) is 4.85. The molecule has 0 unspecified atom stereocenters. The summed E-state index contributed by atoms with van der Waals surface area (Å²) in [5.74, 6) is -0.163. The van der Waals surface area contributed by atoms with Crippen LogP contribution in [0, 0.1) is 6.92 Å². The van der Waals surface area contributed by atoms with Crippen molar-refractivity contribution >= 4 is 16.9 Å². The highest BCUT2D eigenvalue weighted by Crippen LogP contribution is 2.25. The van der Waals surface area contributed by atoms with Crippen molar-refractivity contribution in [2.45, 2.75) is 26.9 Å². The number of aryl methyl sites for hydroxylation is 2. The van der Waals surface area contributed by atoms with E-state index in [1.807, 2.05) is 68.4 Å². The van der Waals surface area contributed by atoms with Crippen LogP contribution in [0.25, 0.3) is 22.3 Å². The summed E-state index contributed by atoms with van der Waals surface area (Å²) in [6.45, 7) is 4.99. The van der Waals surface area contributed by atoms with Crippen LogP contribution in [0.3, 0.4) is 0 Å². The third-order valence-electron chi connectivity index (χ3n) is 4.60. The molecular weight excluding hydrogens is 350 g/mol. The maximum absolute atomic E-state index is 13.0. The van der Waals surface area contributed by atoms with Gasteiger partial charge in [-0.05, 0) is 32.0 Å². The normalized spacial score (nSPS) is 10.9. The molecule has 0 radical (unpaired) electrons. The fourth-order valence-electron chi connectivity index (χ4n) is 3.19. The minimum atomic E-state index is -0.163. The summed E-state index contributed by atoms with van der Waals surface area (Å²) in [5.41, 5.74) is 4.74. The van der Waals surface area contributed by atoms with Crippen molar-refractivity contribution in [2.24, 2.45) is 0 Å². The molecule has 0 spiro atoms. The van der Waals surface area contributed by atoms with Crippen LogP contribution in [0.5, 0.6) is 0 Å². The van der Waals surface area contributed by atoms with E-state index in [9.17, 15) is 4.79 Å². The molecule has 4 rings (SSSR count). The number of fused-ring (bicyclic) bond motifs is 1. The highest BCUT2D eigenvalue weighted by atomic mass is 16.1. The van der Waals surface area contributed by atoms with Gasteiger partial charge in [-0.2, -0.15) is 5.10 Å². The van der Waals surface area contributed by atoms with Crippen molar-refractivity contribution < 1.29 is 4.79 Å². The van der Waals surface area contributed by atoms with Crippen LogP contribution in [0.15, 0.2) is 60.8 Å². The molecule has 1 amide bonds.